The molecule has 0 spiro atoms. The van der Waals surface area contributed by atoms with Crippen LogP contribution in [0.15, 0.2) is 67.3 Å². The van der Waals surface area contributed by atoms with Crippen LogP contribution in [-0.4, -0.2) is 33.0 Å². The van der Waals surface area contributed by atoms with Crippen molar-refractivity contribution in [3.63, 3.8) is 0 Å². The molecule has 3 aromatic rings. The first kappa shape index (κ1) is 16.3. The van der Waals surface area contributed by atoms with Gasteiger partial charge in [-0.15, -0.1) is 10.2 Å². The third-order valence-electron chi connectivity index (χ3n) is 3.49. The van der Waals surface area contributed by atoms with Gasteiger partial charge < -0.3 is 5.32 Å². The van der Waals surface area contributed by atoms with Crippen molar-refractivity contribution in [2.75, 3.05) is 12.3 Å². The molecule has 0 aliphatic carbocycles. The van der Waals surface area contributed by atoms with Crippen LogP contribution in [-0.2, 0) is 5.75 Å². The number of hydrogen-bond acceptors (Lipinski definition) is 4. The Morgan fingerprint density at radius 3 is 2.42 bits per heavy atom. The summed E-state index contributed by atoms with van der Waals surface area (Å²) >= 11 is 1.81. The van der Waals surface area contributed by atoms with Gasteiger partial charge in [-0.3, -0.25) is 9.36 Å². The maximum absolute atomic E-state index is 12.1. The van der Waals surface area contributed by atoms with Crippen LogP contribution in [0.25, 0.3) is 5.69 Å². The van der Waals surface area contributed by atoms with Crippen molar-refractivity contribution in [2.45, 2.75) is 5.75 Å². The molecule has 1 N–H and O–H groups in total. The SMILES string of the molecule is O=C(NCCSCc1ccccc1)c1ccc(-n2cnnc2)cc1. The van der Waals surface area contributed by atoms with Crippen molar-refractivity contribution in [1.29, 1.82) is 0 Å². The van der Waals surface area contributed by atoms with Crippen LogP contribution in [0.5, 0.6) is 0 Å². The van der Waals surface area contributed by atoms with Gasteiger partial charge in [-0.2, -0.15) is 11.8 Å². The largest absolute Gasteiger partial charge is 0.351 e. The molecule has 0 saturated heterocycles. The number of benzene rings is 2. The Morgan fingerprint density at radius 2 is 1.71 bits per heavy atom. The number of carbonyl (C=O) groups is 1. The van der Waals surface area contributed by atoms with Gasteiger partial charge in [0.05, 0.1) is 0 Å². The maximum atomic E-state index is 12.1. The standard InChI is InChI=1S/C18H18N4OS/c23-18(19-10-11-24-12-15-4-2-1-3-5-15)16-6-8-17(9-7-16)22-13-20-21-14-22/h1-9,13-14H,10-12H2,(H,19,23). The van der Waals surface area contributed by atoms with E-state index in [1.165, 1.54) is 5.56 Å². The summed E-state index contributed by atoms with van der Waals surface area (Å²) in [6, 6.07) is 17.7. The highest BCUT2D eigenvalue weighted by Crippen LogP contribution is 2.11. The van der Waals surface area contributed by atoms with Crippen molar-refractivity contribution < 1.29 is 4.79 Å². The fourth-order valence-electron chi connectivity index (χ4n) is 2.22. The summed E-state index contributed by atoms with van der Waals surface area (Å²) in [5.74, 6) is 1.80. The van der Waals surface area contributed by atoms with E-state index in [0.717, 1.165) is 17.2 Å². The summed E-state index contributed by atoms with van der Waals surface area (Å²) in [4.78, 5) is 12.1. The molecule has 5 nitrogen and oxygen atoms in total. The molecule has 3 rings (SSSR count). The molecular formula is C18H18N4OS. The Balaban J connectivity index is 1.42. The van der Waals surface area contributed by atoms with Gasteiger partial charge >= 0.3 is 0 Å². The van der Waals surface area contributed by atoms with E-state index in [-0.39, 0.29) is 5.91 Å². The molecule has 122 valence electrons. The van der Waals surface area contributed by atoms with Crippen molar-refractivity contribution in [3.8, 4) is 5.69 Å². The lowest BCUT2D eigenvalue weighted by atomic mass is 10.2. The lowest BCUT2D eigenvalue weighted by molar-refractivity contribution is 0.0956. The number of thioether (sulfide) groups is 1. The molecule has 0 aliphatic heterocycles. The molecule has 1 amide bonds. The zero-order valence-electron chi connectivity index (χ0n) is 13.1. The monoisotopic (exact) mass is 338 g/mol. The minimum absolute atomic E-state index is 0.0504. The normalized spacial score (nSPS) is 10.5. The van der Waals surface area contributed by atoms with Gasteiger partial charge in [0.15, 0.2) is 0 Å². The zero-order chi connectivity index (χ0) is 16.6. The van der Waals surface area contributed by atoms with E-state index in [1.54, 1.807) is 17.2 Å². The second kappa shape index (κ2) is 8.31. The van der Waals surface area contributed by atoms with Crippen molar-refractivity contribution in [3.05, 3.63) is 78.4 Å². The van der Waals surface area contributed by atoms with E-state index >= 15 is 0 Å². The average molecular weight is 338 g/mol. The smallest absolute Gasteiger partial charge is 0.251 e. The number of rotatable bonds is 7. The van der Waals surface area contributed by atoms with Crippen LogP contribution in [0.4, 0.5) is 0 Å². The molecule has 0 unspecified atom stereocenters. The number of aromatic nitrogens is 3. The molecule has 0 radical (unpaired) electrons. The predicted molar refractivity (Wildman–Crippen MR) is 96.3 cm³/mol. The van der Waals surface area contributed by atoms with E-state index in [1.807, 2.05) is 54.2 Å². The third kappa shape index (κ3) is 4.45. The topological polar surface area (TPSA) is 59.8 Å². The van der Waals surface area contributed by atoms with Crippen LogP contribution in [0.1, 0.15) is 15.9 Å². The second-order valence-corrected chi connectivity index (χ2v) is 6.32. The Labute approximate surface area is 145 Å². The van der Waals surface area contributed by atoms with E-state index in [2.05, 4.69) is 27.6 Å². The Kier molecular flexibility index (Phi) is 5.63. The number of nitrogens with one attached hydrogen (secondary N) is 1. The lowest BCUT2D eigenvalue weighted by Crippen LogP contribution is -2.25. The summed E-state index contributed by atoms with van der Waals surface area (Å²) in [5.41, 5.74) is 2.88. The van der Waals surface area contributed by atoms with E-state index in [0.29, 0.717) is 12.1 Å². The molecule has 1 aromatic heterocycles. The van der Waals surface area contributed by atoms with Crippen molar-refractivity contribution in [1.82, 2.24) is 20.1 Å². The van der Waals surface area contributed by atoms with E-state index in [9.17, 15) is 4.79 Å². The fourth-order valence-corrected chi connectivity index (χ4v) is 3.04. The first-order valence-corrected chi connectivity index (χ1v) is 8.83. The van der Waals surface area contributed by atoms with Gasteiger partial charge in [0.1, 0.15) is 12.7 Å². The van der Waals surface area contributed by atoms with Crippen molar-refractivity contribution >= 4 is 17.7 Å². The van der Waals surface area contributed by atoms with Gasteiger partial charge in [-0.25, -0.2) is 0 Å². The molecule has 0 saturated carbocycles. The van der Waals surface area contributed by atoms with Gasteiger partial charge in [-0.1, -0.05) is 30.3 Å². The first-order valence-electron chi connectivity index (χ1n) is 7.68. The van der Waals surface area contributed by atoms with E-state index in [4.69, 9.17) is 0 Å². The minimum Gasteiger partial charge on any atom is -0.351 e. The zero-order valence-corrected chi connectivity index (χ0v) is 13.9. The molecule has 0 bridgehead atoms. The summed E-state index contributed by atoms with van der Waals surface area (Å²) in [6.07, 6.45) is 3.25. The Bertz CT molecular complexity index is 757. The van der Waals surface area contributed by atoms with Crippen LogP contribution in [0, 0.1) is 0 Å². The summed E-state index contributed by atoms with van der Waals surface area (Å²) < 4.78 is 1.79. The van der Waals surface area contributed by atoms with Crippen molar-refractivity contribution in [2.24, 2.45) is 0 Å². The van der Waals surface area contributed by atoms with Gasteiger partial charge in [0.25, 0.3) is 5.91 Å². The molecule has 0 aliphatic rings. The molecule has 6 heteroatoms. The molecular weight excluding hydrogens is 320 g/mol. The van der Waals surface area contributed by atoms with Crippen LogP contribution in [0.2, 0.25) is 0 Å². The molecule has 0 fully saturated rings. The molecule has 0 atom stereocenters. The van der Waals surface area contributed by atoms with Crippen LogP contribution < -0.4 is 5.32 Å². The quantitative estimate of drug-likeness (QED) is 0.673. The van der Waals surface area contributed by atoms with Gasteiger partial charge in [-0.05, 0) is 29.8 Å². The minimum atomic E-state index is -0.0504. The third-order valence-corrected chi connectivity index (χ3v) is 4.52. The Morgan fingerprint density at radius 1 is 1.00 bits per heavy atom. The number of nitrogens with zero attached hydrogens (tertiary/aromatic N) is 3. The first-order chi connectivity index (χ1) is 11.8. The van der Waals surface area contributed by atoms with Crippen LogP contribution in [0.3, 0.4) is 0 Å². The predicted octanol–water partition coefficient (Wildman–Crippen LogP) is 2.93. The Hall–Kier alpha value is -2.60. The van der Waals surface area contributed by atoms with Crippen LogP contribution >= 0.6 is 11.8 Å². The maximum Gasteiger partial charge on any atom is 0.251 e. The number of amides is 1. The highest BCUT2D eigenvalue weighted by Gasteiger charge is 2.05. The molecule has 24 heavy (non-hydrogen) atoms. The second-order valence-electron chi connectivity index (χ2n) is 5.21. The average Bonchev–Trinajstić information content (AvgIpc) is 3.17. The van der Waals surface area contributed by atoms with E-state index < -0.39 is 0 Å². The fraction of sp³-hybridized carbons (Fsp3) is 0.167. The lowest BCUT2D eigenvalue weighted by Gasteiger charge is -2.07. The highest BCUT2D eigenvalue weighted by molar-refractivity contribution is 7.98. The summed E-state index contributed by atoms with van der Waals surface area (Å²) in [7, 11) is 0. The summed E-state index contributed by atoms with van der Waals surface area (Å²) in [5, 5.41) is 10.5. The van der Waals surface area contributed by atoms with Gasteiger partial charge in [0, 0.05) is 29.3 Å². The number of carbonyl (C=O) groups excluding carboxylic acids is 1. The summed E-state index contributed by atoms with van der Waals surface area (Å²) in [6.45, 7) is 0.656. The highest BCUT2D eigenvalue weighted by atomic mass is 32.2. The van der Waals surface area contributed by atoms with Gasteiger partial charge in [0.2, 0.25) is 0 Å². The molecule has 2 aromatic carbocycles. The molecule has 1 heterocycles. The number of hydrogen-bond donors (Lipinski definition) is 1.